The molecule has 0 bridgehead atoms. The van der Waals surface area contributed by atoms with Gasteiger partial charge in [0, 0.05) is 6.20 Å². The van der Waals surface area contributed by atoms with Crippen molar-refractivity contribution in [3.8, 4) is 0 Å². The van der Waals surface area contributed by atoms with Gasteiger partial charge >= 0.3 is 5.97 Å². The summed E-state index contributed by atoms with van der Waals surface area (Å²) in [5, 5.41) is 21.9. The number of aliphatic hydroxyl groups is 1. The molecule has 0 saturated heterocycles. The second-order valence-electron chi connectivity index (χ2n) is 6.09. The van der Waals surface area contributed by atoms with E-state index in [2.05, 4.69) is 5.32 Å². The van der Waals surface area contributed by atoms with Gasteiger partial charge in [-0.2, -0.15) is 0 Å². The second kappa shape index (κ2) is 5.26. The molecule has 0 aromatic carbocycles. The van der Waals surface area contributed by atoms with Crippen molar-refractivity contribution in [3.63, 3.8) is 0 Å². The first-order chi connectivity index (χ1) is 10.9. The quantitative estimate of drug-likeness (QED) is 0.729. The Kier molecular flexibility index (Phi) is 3.50. The summed E-state index contributed by atoms with van der Waals surface area (Å²) in [7, 11) is 0. The first-order valence-corrected chi connectivity index (χ1v) is 7.58. The van der Waals surface area contributed by atoms with E-state index in [1.165, 1.54) is 6.92 Å². The molecule has 1 aliphatic carbocycles. The number of fused-ring (bicyclic) bond motifs is 2. The van der Waals surface area contributed by atoms with E-state index in [0.29, 0.717) is 18.5 Å². The molecule has 122 valence electrons. The number of ketones is 1. The molecule has 1 aliphatic heterocycles. The Labute approximate surface area is 132 Å². The summed E-state index contributed by atoms with van der Waals surface area (Å²) in [5.41, 5.74) is -0.768. The number of amides is 1. The maximum absolute atomic E-state index is 12.6. The SMILES string of the molecule is CC(NC(=O)C1=C(O)C2(CCCC2)n2cccc2C1=O)C(=O)O. The van der Waals surface area contributed by atoms with Gasteiger partial charge < -0.3 is 20.1 Å². The maximum Gasteiger partial charge on any atom is 0.325 e. The molecule has 1 saturated carbocycles. The van der Waals surface area contributed by atoms with Gasteiger partial charge in [-0.25, -0.2) is 0 Å². The summed E-state index contributed by atoms with van der Waals surface area (Å²) in [4.78, 5) is 35.9. The van der Waals surface area contributed by atoms with Gasteiger partial charge in [0.2, 0.25) is 5.78 Å². The Morgan fingerprint density at radius 1 is 1.35 bits per heavy atom. The minimum absolute atomic E-state index is 0.251. The van der Waals surface area contributed by atoms with Crippen LogP contribution in [0.3, 0.4) is 0 Å². The summed E-state index contributed by atoms with van der Waals surface area (Å²) < 4.78 is 1.75. The fourth-order valence-corrected chi connectivity index (χ4v) is 3.50. The largest absolute Gasteiger partial charge is 0.509 e. The molecule has 7 heteroatoms. The van der Waals surface area contributed by atoms with Crippen LogP contribution in [-0.4, -0.2) is 38.5 Å². The lowest BCUT2D eigenvalue weighted by Gasteiger charge is -2.36. The van der Waals surface area contributed by atoms with E-state index in [-0.39, 0.29) is 11.3 Å². The fraction of sp³-hybridized carbons (Fsp3) is 0.438. The molecule has 1 atom stereocenters. The number of aliphatic carboxylic acids is 1. The molecule has 7 nitrogen and oxygen atoms in total. The number of aromatic nitrogens is 1. The average molecular weight is 318 g/mol. The van der Waals surface area contributed by atoms with Gasteiger partial charge in [-0.05, 0) is 31.9 Å². The summed E-state index contributed by atoms with van der Waals surface area (Å²) in [6.07, 6.45) is 4.79. The number of rotatable bonds is 3. The van der Waals surface area contributed by atoms with Crippen molar-refractivity contribution in [1.82, 2.24) is 9.88 Å². The number of Topliss-reactive ketones (excluding diaryl/α,β-unsaturated/α-hetero) is 1. The van der Waals surface area contributed by atoms with Crippen LogP contribution in [0.2, 0.25) is 0 Å². The first-order valence-electron chi connectivity index (χ1n) is 7.58. The van der Waals surface area contributed by atoms with Gasteiger partial charge in [0.15, 0.2) is 0 Å². The van der Waals surface area contributed by atoms with Crippen molar-refractivity contribution in [2.45, 2.75) is 44.2 Å². The van der Waals surface area contributed by atoms with Crippen LogP contribution in [0.25, 0.3) is 0 Å². The van der Waals surface area contributed by atoms with E-state index in [4.69, 9.17) is 5.11 Å². The smallest absolute Gasteiger partial charge is 0.325 e. The van der Waals surface area contributed by atoms with Crippen LogP contribution in [0, 0.1) is 0 Å². The highest BCUT2D eigenvalue weighted by Crippen LogP contribution is 2.46. The third kappa shape index (κ3) is 2.15. The third-order valence-electron chi connectivity index (χ3n) is 4.72. The number of carbonyl (C=O) groups is 3. The molecule has 1 aromatic rings. The molecule has 1 aromatic heterocycles. The zero-order valence-corrected chi connectivity index (χ0v) is 12.7. The average Bonchev–Trinajstić information content (AvgIpc) is 3.15. The van der Waals surface area contributed by atoms with Gasteiger partial charge in [0.1, 0.15) is 22.9 Å². The number of hydrogen-bond acceptors (Lipinski definition) is 4. The van der Waals surface area contributed by atoms with Gasteiger partial charge in [-0.15, -0.1) is 0 Å². The third-order valence-corrected chi connectivity index (χ3v) is 4.72. The standard InChI is InChI=1S/C16H18N2O5/c1-9(15(22)23)17-14(21)11-12(19)10-5-4-8-18(10)16(13(11)20)6-2-3-7-16/h4-5,8-9,20H,2-3,6-7H2,1H3,(H,17,21)(H,22,23). The topological polar surface area (TPSA) is 109 Å². The zero-order chi connectivity index (χ0) is 16.8. The molecule has 1 spiro atoms. The summed E-state index contributed by atoms with van der Waals surface area (Å²) in [5.74, 6) is -2.89. The highest BCUT2D eigenvalue weighted by Gasteiger charge is 2.48. The van der Waals surface area contributed by atoms with Crippen LogP contribution >= 0.6 is 0 Å². The lowest BCUT2D eigenvalue weighted by atomic mass is 9.85. The van der Waals surface area contributed by atoms with Crippen molar-refractivity contribution in [2.75, 3.05) is 0 Å². The van der Waals surface area contributed by atoms with E-state index in [1.54, 1.807) is 22.9 Å². The number of carbonyl (C=O) groups excluding carboxylic acids is 2. The Morgan fingerprint density at radius 2 is 2.00 bits per heavy atom. The molecule has 2 heterocycles. The molecular formula is C16H18N2O5. The molecule has 23 heavy (non-hydrogen) atoms. The van der Waals surface area contributed by atoms with Crippen LogP contribution in [0.15, 0.2) is 29.7 Å². The Bertz CT molecular complexity index is 725. The van der Waals surface area contributed by atoms with Gasteiger partial charge in [0.05, 0.1) is 5.69 Å². The van der Waals surface area contributed by atoms with Crippen LogP contribution in [0.1, 0.15) is 43.1 Å². The number of carboxylic acids is 1. The lowest BCUT2D eigenvalue weighted by Crippen LogP contribution is -2.46. The molecule has 1 fully saturated rings. The fourth-order valence-electron chi connectivity index (χ4n) is 3.50. The number of carboxylic acid groups (broad SMARTS) is 1. The molecule has 1 amide bonds. The highest BCUT2D eigenvalue weighted by molar-refractivity contribution is 6.26. The minimum atomic E-state index is -1.21. The molecule has 3 N–H and O–H groups in total. The molecule has 2 aliphatic rings. The Morgan fingerprint density at radius 3 is 2.61 bits per heavy atom. The molecule has 0 radical (unpaired) electrons. The monoisotopic (exact) mass is 318 g/mol. The molecule has 3 rings (SSSR count). The van der Waals surface area contributed by atoms with Gasteiger partial charge in [-0.1, -0.05) is 12.8 Å². The Balaban J connectivity index is 2.06. The van der Waals surface area contributed by atoms with Crippen molar-refractivity contribution in [1.29, 1.82) is 0 Å². The van der Waals surface area contributed by atoms with Gasteiger partial charge in [0.25, 0.3) is 5.91 Å². The van der Waals surface area contributed by atoms with E-state index in [0.717, 1.165) is 12.8 Å². The number of nitrogens with zero attached hydrogens (tertiary/aromatic N) is 1. The normalized spacial score (nSPS) is 20.5. The van der Waals surface area contributed by atoms with Crippen LogP contribution in [0.4, 0.5) is 0 Å². The van der Waals surface area contributed by atoms with Crippen LogP contribution < -0.4 is 5.32 Å². The number of allylic oxidation sites excluding steroid dienone is 1. The predicted octanol–water partition coefficient (Wildman–Crippen LogP) is 1.36. The summed E-state index contributed by atoms with van der Waals surface area (Å²) in [6.45, 7) is 1.30. The second-order valence-corrected chi connectivity index (χ2v) is 6.09. The minimum Gasteiger partial charge on any atom is -0.509 e. The zero-order valence-electron chi connectivity index (χ0n) is 12.7. The van der Waals surface area contributed by atoms with E-state index in [1.807, 2.05) is 0 Å². The predicted molar refractivity (Wildman–Crippen MR) is 80.1 cm³/mol. The van der Waals surface area contributed by atoms with Crippen molar-refractivity contribution >= 4 is 17.7 Å². The maximum atomic E-state index is 12.6. The molecular weight excluding hydrogens is 300 g/mol. The van der Waals surface area contributed by atoms with E-state index >= 15 is 0 Å². The molecule has 1 unspecified atom stereocenters. The number of hydrogen-bond donors (Lipinski definition) is 3. The highest BCUT2D eigenvalue weighted by atomic mass is 16.4. The van der Waals surface area contributed by atoms with Crippen LogP contribution in [-0.2, 0) is 15.1 Å². The summed E-state index contributed by atoms with van der Waals surface area (Å²) >= 11 is 0. The van der Waals surface area contributed by atoms with E-state index in [9.17, 15) is 19.5 Å². The first kappa shape index (κ1) is 15.3. The summed E-state index contributed by atoms with van der Waals surface area (Å²) in [6, 6.07) is 2.17. The lowest BCUT2D eigenvalue weighted by molar-refractivity contribution is -0.140. The van der Waals surface area contributed by atoms with Crippen molar-refractivity contribution in [2.24, 2.45) is 0 Å². The number of nitrogens with one attached hydrogen (secondary N) is 1. The van der Waals surface area contributed by atoms with E-state index < -0.39 is 29.2 Å². The van der Waals surface area contributed by atoms with Crippen molar-refractivity contribution in [3.05, 3.63) is 35.4 Å². The Hall–Kier alpha value is -2.57. The van der Waals surface area contributed by atoms with Gasteiger partial charge in [-0.3, -0.25) is 14.4 Å². The number of aliphatic hydroxyl groups excluding tert-OH is 1. The van der Waals surface area contributed by atoms with Crippen molar-refractivity contribution < 1.29 is 24.6 Å². The van der Waals surface area contributed by atoms with Crippen LogP contribution in [0.5, 0.6) is 0 Å².